The number of aliphatic hydroxyl groups excluding tert-OH is 2. The third-order valence-electron chi connectivity index (χ3n) is 8.72. The van der Waals surface area contributed by atoms with Crippen molar-refractivity contribution in [3.63, 3.8) is 0 Å². The molecule has 2 N–H and O–H groups in total. The van der Waals surface area contributed by atoms with E-state index < -0.39 is 35.1 Å². The minimum atomic E-state index is -1.70. The fourth-order valence-corrected chi connectivity index (χ4v) is 7.40. The van der Waals surface area contributed by atoms with Crippen LogP contribution in [-0.4, -0.2) is 46.1 Å². The first-order valence-corrected chi connectivity index (χ1v) is 10.8. The van der Waals surface area contributed by atoms with Crippen molar-refractivity contribution in [1.29, 1.82) is 0 Å². The molecule has 6 nitrogen and oxygen atoms in total. The van der Waals surface area contributed by atoms with Crippen molar-refractivity contribution < 1.29 is 29.4 Å². The van der Waals surface area contributed by atoms with E-state index in [1.165, 1.54) is 6.92 Å². The van der Waals surface area contributed by atoms with Gasteiger partial charge in [0, 0.05) is 17.8 Å². The Labute approximate surface area is 170 Å². The number of carbonyl (C=O) groups excluding carboxylic acids is 4. The Morgan fingerprint density at radius 1 is 1.24 bits per heavy atom. The molecule has 3 fully saturated rings. The third kappa shape index (κ3) is 2.82. The molecule has 0 heterocycles. The number of rotatable bonds is 4. The smallest absolute Gasteiger partial charge is 0.172 e. The summed E-state index contributed by atoms with van der Waals surface area (Å²) in [5.41, 5.74) is -0.159. The Hall–Kier alpha value is -1.66. The summed E-state index contributed by atoms with van der Waals surface area (Å²) in [6, 6.07) is 0. The summed E-state index contributed by atoms with van der Waals surface area (Å²) in [6.07, 6.45) is 4.20. The minimum absolute atomic E-state index is 0.0414. The lowest BCUT2D eigenvalue weighted by Gasteiger charge is -2.59. The van der Waals surface area contributed by atoms with E-state index in [-0.39, 0.29) is 35.4 Å². The molecule has 0 spiro atoms. The van der Waals surface area contributed by atoms with Crippen LogP contribution < -0.4 is 0 Å². The summed E-state index contributed by atoms with van der Waals surface area (Å²) in [5.74, 6) is -1.76. The van der Waals surface area contributed by atoms with Gasteiger partial charge in [0.2, 0.25) is 0 Å². The van der Waals surface area contributed by atoms with Crippen molar-refractivity contribution in [1.82, 2.24) is 0 Å². The van der Waals surface area contributed by atoms with E-state index in [4.69, 9.17) is 0 Å². The van der Waals surface area contributed by atoms with Gasteiger partial charge in [-0.3, -0.25) is 14.4 Å². The van der Waals surface area contributed by atoms with Gasteiger partial charge in [-0.15, -0.1) is 0 Å². The molecule has 0 aromatic rings. The molecule has 8 atom stereocenters. The molecule has 4 rings (SSSR count). The van der Waals surface area contributed by atoms with Crippen LogP contribution in [0.4, 0.5) is 0 Å². The first-order valence-electron chi connectivity index (χ1n) is 10.8. The van der Waals surface area contributed by atoms with Gasteiger partial charge in [-0.1, -0.05) is 12.5 Å². The van der Waals surface area contributed by atoms with E-state index in [1.54, 1.807) is 6.08 Å². The first-order chi connectivity index (χ1) is 13.7. The lowest BCUT2D eigenvalue weighted by atomic mass is 9.45. The van der Waals surface area contributed by atoms with Crippen LogP contribution in [0.1, 0.15) is 58.8 Å². The van der Waals surface area contributed by atoms with Crippen molar-refractivity contribution in [2.75, 3.05) is 0 Å². The van der Waals surface area contributed by atoms with Gasteiger partial charge in [-0.05, 0) is 74.7 Å². The van der Waals surface area contributed by atoms with Gasteiger partial charge in [0.05, 0.1) is 6.10 Å². The molecule has 0 saturated heterocycles. The van der Waals surface area contributed by atoms with Crippen LogP contribution in [0.2, 0.25) is 0 Å². The number of fused-ring (bicyclic) bond motifs is 5. The maximum Gasteiger partial charge on any atom is 0.172 e. The van der Waals surface area contributed by atoms with E-state index in [2.05, 4.69) is 6.92 Å². The van der Waals surface area contributed by atoms with Gasteiger partial charge in [-0.25, -0.2) is 0 Å². The molecular formula is C23H30O6. The molecule has 6 heteroatoms. The number of aliphatic hydroxyl groups is 2. The zero-order valence-electron chi connectivity index (χ0n) is 17.1. The summed E-state index contributed by atoms with van der Waals surface area (Å²) in [4.78, 5) is 48.8. The third-order valence-corrected chi connectivity index (χ3v) is 8.72. The fraction of sp³-hybridized carbons (Fsp3) is 0.739. The quantitative estimate of drug-likeness (QED) is 0.548. The molecule has 158 valence electrons. The Morgan fingerprint density at radius 3 is 2.62 bits per heavy atom. The zero-order valence-corrected chi connectivity index (χ0v) is 17.1. The summed E-state index contributed by atoms with van der Waals surface area (Å²) >= 11 is 0. The number of allylic oxidation sites excluding steroid dienone is 1. The van der Waals surface area contributed by atoms with Crippen molar-refractivity contribution in [2.24, 2.45) is 34.5 Å². The standard InChI is InChI=1S/C23H30O6/c1-12(25)20(28)21(29)17-6-5-16-15-4-3-13-9-14(26)7-8-22(13,2)19(15)18(27)10-23(16,17)11-24/h9,11,15-20,27-28H,3-8,10H2,1-2H3/t15-,16-,17+,18-,19+,20?,22-,23+/m0/s1. The van der Waals surface area contributed by atoms with Crippen LogP contribution in [0.3, 0.4) is 0 Å². The second kappa shape index (κ2) is 6.95. The molecule has 1 unspecified atom stereocenters. The summed E-state index contributed by atoms with van der Waals surface area (Å²) < 4.78 is 0. The van der Waals surface area contributed by atoms with Gasteiger partial charge in [-0.2, -0.15) is 0 Å². The SMILES string of the molecule is CC(=O)C(O)C(=O)[C@H]1CC[C@H]2[C@@H]3CCC4=CC(=O)CC[C@]4(C)[C@H]3[C@@H](O)C[C@]12C=O. The lowest BCUT2D eigenvalue weighted by Crippen LogP contribution is -2.58. The second-order valence-corrected chi connectivity index (χ2v) is 9.94. The highest BCUT2D eigenvalue weighted by atomic mass is 16.3. The summed E-state index contributed by atoms with van der Waals surface area (Å²) in [5, 5.41) is 21.3. The molecule has 0 aromatic heterocycles. The molecule has 0 aliphatic heterocycles. The topological polar surface area (TPSA) is 109 Å². The minimum Gasteiger partial charge on any atom is -0.393 e. The number of Topliss-reactive ketones (excluding diaryl/α,β-unsaturated/α-hetero) is 2. The molecule has 0 radical (unpaired) electrons. The van der Waals surface area contributed by atoms with E-state index in [1.807, 2.05) is 0 Å². The van der Waals surface area contributed by atoms with Crippen LogP contribution in [0, 0.1) is 34.5 Å². The first kappa shape index (κ1) is 20.6. The van der Waals surface area contributed by atoms with Crippen LogP contribution in [0.15, 0.2) is 11.6 Å². The van der Waals surface area contributed by atoms with Crippen LogP contribution in [0.5, 0.6) is 0 Å². The average Bonchev–Trinajstić information content (AvgIpc) is 3.06. The van der Waals surface area contributed by atoms with E-state index in [9.17, 15) is 29.4 Å². The number of ketones is 3. The Kier molecular flexibility index (Phi) is 4.94. The molecule has 29 heavy (non-hydrogen) atoms. The predicted molar refractivity (Wildman–Crippen MR) is 104 cm³/mol. The van der Waals surface area contributed by atoms with Gasteiger partial charge in [0.25, 0.3) is 0 Å². The maximum atomic E-state index is 12.8. The van der Waals surface area contributed by atoms with E-state index in [0.29, 0.717) is 25.7 Å². The number of aldehydes is 1. The zero-order chi connectivity index (χ0) is 21.1. The highest BCUT2D eigenvalue weighted by molar-refractivity contribution is 6.06. The maximum absolute atomic E-state index is 12.8. The number of hydrogen-bond acceptors (Lipinski definition) is 6. The number of hydrogen-bond donors (Lipinski definition) is 2. The molecule has 3 saturated carbocycles. The molecule has 0 amide bonds. The van der Waals surface area contributed by atoms with Gasteiger partial charge >= 0.3 is 0 Å². The fourth-order valence-electron chi connectivity index (χ4n) is 7.40. The molecule has 4 aliphatic rings. The molecular weight excluding hydrogens is 372 g/mol. The average molecular weight is 402 g/mol. The van der Waals surface area contributed by atoms with Gasteiger partial charge < -0.3 is 15.0 Å². The van der Waals surface area contributed by atoms with Crippen molar-refractivity contribution >= 4 is 23.6 Å². The largest absolute Gasteiger partial charge is 0.393 e. The van der Waals surface area contributed by atoms with Crippen molar-refractivity contribution in [3.8, 4) is 0 Å². The van der Waals surface area contributed by atoms with E-state index >= 15 is 0 Å². The highest BCUT2D eigenvalue weighted by Gasteiger charge is 2.65. The second-order valence-electron chi connectivity index (χ2n) is 9.94. The van der Waals surface area contributed by atoms with Crippen LogP contribution in [-0.2, 0) is 19.2 Å². The van der Waals surface area contributed by atoms with Gasteiger partial charge in [0.1, 0.15) is 6.29 Å². The van der Waals surface area contributed by atoms with Crippen LogP contribution >= 0.6 is 0 Å². The Balaban J connectivity index is 1.71. The lowest BCUT2D eigenvalue weighted by molar-refractivity contribution is -0.160. The van der Waals surface area contributed by atoms with Crippen molar-refractivity contribution in [2.45, 2.75) is 71.0 Å². The summed E-state index contributed by atoms with van der Waals surface area (Å²) in [6.45, 7) is 3.31. The van der Waals surface area contributed by atoms with Crippen LogP contribution in [0.25, 0.3) is 0 Å². The highest BCUT2D eigenvalue weighted by Crippen LogP contribution is 2.66. The van der Waals surface area contributed by atoms with Crippen molar-refractivity contribution in [3.05, 3.63) is 11.6 Å². The number of carbonyl (C=O) groups is 4. The Bertz CT molecular complexity index is 799. The van der Waals surface area contributed by atoms with Gasteiger partial charge in [0.15, 0.2) is 23.5 Å². The van der Waals surface area contributed by atoms with E-state index in [0.717, 1.165) is 24.7 Å². The normalized spacial score (nSPS) is 44.8. The molecule has 0 bridgehead atoms. The Morgan fingerprint density at radius 2 is 1.97 bits per heavy atom. The monoisotopic (exact) mass is 402 g/mol. The predicted octanol–water partition coefficient (Wildman–Crippen LogP) is 1.80. The molecule has 4 aliphatic carbocycles. The molecule has 0 aromatic carbocycles. The summed E-state index contributed by atoms with van der Waals surface area (Å²) in [7, 11) is 0.